The molecule has 1 atom stereocenters. The third-order valence-corrected chi connectivity index (χ3v) is 3.89. The van der Waals surface area contributed by atoms with Gasteiger partial charge in [-0.15, -0.1) is 0 Å². The number of hydrogen-bond acceptors (Lipinski definition) is 2. The first-order chi connectivity index (χ1) is 9.74. The van der Waals surface area contributed by atoms with Crippen molar-refractivity contribution in [2.75, 3.05) is 0 Å². The zero-order valence-corrected chi connectivity index (χ0v) is 12.3. The number of halogens is 1. The number of amides is 1. The van der Waals surface area contributed by atoms with E-state index in [0.29, 0.717) is 6.42 Å². The molecule has 1 aliphatic rings. The van der Waals surface area contributed by atoms with Gasteiger partial charge in [-0.3, -0.25) is 4.79 Å². The summed E-state index contributed by atoms with van der Waals surface area (Å²) < 4.78 is 1.03. The first kappa shape index (κ1) is 13.1. The van der Waals surface area contributed by atoms with Gasteiger partial charge < -0.3 is 0 Å². The number of carbonyl (C=O) groups excluding carboxylic acids is 1. The second-order valence-electron chi connectivity index (χ2n) is 4.71. The minimum atomic E-state index is -0.0419. The first-order valence-electron chi connectivity index (χ1n) is 6.41. The van der Waals surface area contributed by atoms with Gasteiger partial charge in [0.25, 0.3) is 0 Å². The number of nitrogens with one attached hydrogen (secondary N) is 1. The molecule has 0 saturated carbocycles. The molecule has 0 aliphatic carbocycles. The molecule has 2 aromatic carbocycles. The van der Waals surface area contributed by atoms with Gasteiger partial charge in [-0.25, -0.2) is 5.43 Å². The van der Waals surface area contributed by atoms with Crippen LogP contribution in [-0.4, -0.2) is 11.6 Å². The molecule has 1 aliphatic heterocycles. The molecule has 0 radical (unpaired) electrons. The molecular weight excluding hydrogens is 316 g/mol. The normalized spacial score (nSPS) is 18.4. The molecule has 2 aromatic rings. The Bertz CT molecular complexity index is 650. The zero-order valence-electron chi connectivity index (χ0n) is 10.7. The Balaban J connectivity index is 2.02. The van der Waals surface area contributed by atoms with E-state index in [1.165, 1.54) is 0 Å². The Morgan fingerprint density at radius 2 is 1.75 bits per heavy atom. The Hall–Kier alpha value is -1.94. The van der Waals surface area contributed by atoms with E-state index in [0.717, 1.165) is 21.3 Å². The van der Waals surface area contributed by atoms with Gasteiger partial charge in [0, 0.05) is 16.8 Å². The van der Waals surface area contributed by atoms with Crippen molar-refractivity contribution in [1.29, 1.82) is 0 Å². The lowest BCUT2D eigenvalue weighted by molar-refractivity contribution is -0.121. The van der Waals surface area contributed by atoms with Crippen molar-refractivity contribution in [3.05, 3.63) is 70.2 Å². The van der Waals surface area contributed by atoms with Crippen LogP contribution in [0.2, 0.25) is 0 Å². The summed E-state index contributed by atoms with van der Waals surface area (Å²) in [4.78, 5) is 11.7. The molecule has 1 amide bonds. The predicted octanol–water partition coefficient (Wildman–Crippen LogP) is 3.46. The highest BCUT2D eigenvalue weighted by molar-refractivity contribution is 9.10. The standard InChI is InChI=1S/C16H13BrN2O/c17-13-8-6-12(7-9-13)16-14(10-15(20)18-19-16)11-4-2-1-3-5-11/h1-9,14H,10H2,(H,18,20). The van der Waals surface area contributed by atoms with Gasteiger partial charge in [-0.1, -0.05) is 58.4 Å². The zero-order chi connectivity index (χ0) is 13.9. The van der Waals surface area contributed by atoms with Gasteiger partial charge in [0.1, 0.15) is 0 Å². The molecule has 20 heavy (non-hydrogen) atoms. The molecule has 3 rings (SSSR count). The summed E-state index contributed by atoms with van der Waals surface area (Å²) >= 11 is 3.43. The summed E-state index contributed by atoms with van der Waals surface area (Å²) in [6.07, 6.45) is 0.429. The molecular formula is C16H13BrN2O. The molecule has 1 N–H and O–H groups in total. The van der Waals surface area contributed by atoms with E-state index in [-0.39, 0.29) is 11.8 Å². The molecule has 0 aromatic heterocycles. The van der Waals surface area contributed by atoms with Crippen molar-refractivity contribution in [2.24, 2.45) is 5.10 Å². The van der Waals surface area contributed by atoms with Crippen LogP contribution in [0, 0.1) is 0 Å². The molecule has 0 bridgehead atoms. The van der Waals surface area contributed by atoms with E-state index in [4.69, 9.17) is 0 Å². The molecule has 3 nitrogen and oxygen atoms in total. The maximum Gasteiger partial charge on any atom is 0.241 e. The number of hydrogen-bond donors (Lipinski definition) is 1. The molecule has 4 heteroatoms. The summed E-state index contributed by atoms with van der Waals surface area (Å²) in [5.74, 6) is -0.0363. The summed E-state index contributed by atoms with van der Waals surface area (Å²) in [7, 11) is 0. The van der Waals surface area contributed by atoms with Crippen LogP contribution in [-0.2, 0) is 4.79 Å². The Labute approximate surface area is 125 Å². The van der Waals surface area contributed by atoms with E-state index in [1.54, 1.807) is 0 Å². The third kappa shape index (κ3) is 2.65. The Morgan fingerprint density at radius 3 is 2.45 bits per heavy atom. The number of carbonyl (C=O) groups is 1. The Morgan fingerprint density at radius 1 is 1.05 bits per heavy atom. The highest BCUT2D eigenvalue weighted by Gasteiger charge is 2.26. The van der Waals surface area contributed by atoms with E-state index in [1.807, 2.05) is 54.6 Å². The van der Waals surface area contributed by atoms with E-state index < -0.39 is 0 Å². The molecule has 0 saturated heterocycles. The fraction of sp³-hybridized carbons (Fsp3) is 0.125. The van der Waals surface area contributed by atoms with Crippen molar-refractivity contribution in [3.63, 3.8) is 0 Å². The van der Waals surface area contributed by atoms with Crippen molar-refractivity contribution in [3.8, 4) is 0 Å². The largest absolute Gasteiger partial charge is 0.273 e. The summed E-state index contributed by atoms with van der Waals surface area (Å²) in [5.41, 5.74) is 5.63. The summed E-state index contributed by atoms with van der Waals surface area (Å²) in [6.45, 7) is 0. The van der Waals surface area contributed by atoms with Crippen LogP contribution < -0.4 is 5.43 Å². The van der Waals surface area contributed by atoms with Crippen LogP contribution in [0.15, 0.2) is 64.2 Å². The highest BCUT2D eigenvalue weighted by Crippen LogP contribution is 2.27. The lowest BCUT2D eigenvalue weighted by Gasteiger charge is -2.23. The molecule has 0 spiro atoms. The second kappa shape index (κ2) is 5.59. The minimum absolute atomic E-state index is 0.00567. The van der Waals surface area contributed by atoms with Crippen LogP contribution in [0.4, 0.5) is 0 Å². The molecule has 1 heterocycles. The lowest BCUT2D eigenvalue weighted by atomic mass is 9.86. The maximum absolute atomic E-state index is 11.7. The maximum atomic E-state index is 11.7. The van der Waals surface area contributed by atoms with E-state index >= 15 is 0 Å². The van der Waals surface area contributed by atoms with Crippen molar-refractivity contribution >= 4 is 27.5 Å². The lowest BCUT2D eigenvalue weighted by Crippen LogP contribution is -2.32. The van der Waals surface area contributed by atoms with Gasteiger partial charge >= 0.3 is 0 Å². The van der Waals surface area contributed by atoms with Gasteiger partial charge in [0.15, 0.2) is 0 Å². The van der Waals surface area contributed by atoms with Crippen LogP contribution >= 0.6 is 15.9 Å². The highest BCUT2D eigenvalue weighted by atomic mass is 79.9. The third-order valence-electron chi connectivity index (χ3n) is 3.36. The second-order valence-corrected chi connectivity index (χ2v) is 5.62. The predicted molar refractivity (Wildman–Crippen MR) is 82.6 cm³/mol. The fourth-order valence-corrected chi connectivity index (χ4v) is 2.64. The fourth-order valence-electron chi connectivity index (χ4n) is 2.38. The Kier molecular flexibility index (Phi) is 3.65. The quantitative estimate of drug-likeness (QED) is 0.901. The van der Waals surface area contributed by atoms with E-state index in [2.05, 4.69) is 26.5 Å². The molecule has 0 fully saturated rings. The van der Waals surface area contributed by atoms with E-state index in [9.17, 15) is 4.79 Å². The van der Waals surface area contributed by atoms with Gasteiger partial charge in [-0.2, -0.15) is 5.10 Å². The van der Waals surface area contributed by atoms with Crippen LogP contribution in [0.5, 0.6) is 0 Å². The summed E-state index contributed by atoms with van der Waals surface area (Å²) in [5, 5.41) is 4.27. The molecule has 100 valence electrons. The first-order valence-corrected chi connectivity index (χ1v) is 7.20. The van der Waals surface area contributed by atoms with Gasteiger partial charge in [0.2, 0.25) is 5.91 Å². The average molecular weight is 329 g/mol. The monoisotopic (exact) mass is 328 g/mol. The van der Waals surface area contributed by atoms with Crippen LogP contribution in [0.1, 0.15) is 23.5 Å². The topological polar surface area (TPSA) is 41.5 Å². The van der Waals surface area contributed by atoms with Crippen molar-refractivity contribution in [2.45, 2.75) is 12.3 Å². The SMILES string of the molecule is O=C1CC(c2ccccc2)C(c2ccc(Br)cc2)=NN1. The van der Waals surface area contributed by atoms with Gasteiger partial charge in [-0.05, 0) is 23.3 Å². The molecule has 1 unspecified atom stereocenters. The smallest absolute Gasteiger partial charge is 0.241 e. The number of benzene rings is 2. The number of hydrazone groups is 1. The minimum Gasteiger partial charge on any atom is -0.273 e. The van der Waals surface area contributed by atoms with Crippen LogP contribution in [0.25, 0.3) is 0 Å². The van der Waals surface area contributed by atoms with Crippen molar-refractivity contribution < 1.29 is 4.79 Å². The number of nitrogens with zero attached hydrogens (tertiary/aromatic N) is 1. The average Bonchev–Trinajstić information content (AvgIpc) is 2.49. The van der Waals surface area contributed by atoms with Crippen LogP contribution in [0.3, 0.4) is 0 Å². The van der Waals surface area contributed by atoms with Crippen molar-refractivity contribution in [1.82, 2.24) is 5.43 Å². The van der Waals surface area contributed by atoms with Gasteiger partial charge in [0.05, 0.1) is 5.71 Å². The summed E-state index contributed by atoms with van der Waals surface area (Å²) in [6, 6.07) is 18.0. The number of rotatable bonds is 2.